The Morgan fingerprint density at radius 3 is 2.62 bits per heavy atom. The zero-order chi connectivity index (χ0) is 14.5. The number of fused-ring (bicyclic) bond motifs is 1. The summed E-state index contributed by atoms with van der Waals surface area (Å²) >= 11 is 0. The molecule has 2 aromatic carbocycles. The van der Waals surface area contributed by atoms with Crippen molar-refractivity contribution in [3.63, 3.8) is 0 Å². The standard InChI is InChI=1S/C18H21NO2/c1-14-5-2-3-6-16(14)13-19-12-15-7-8-17-18(11-15)21-10-4-9-20-17/h2-3,5-8,11,19H,4,9-10,12-13H2,1H3. The van der Waals surface area contributed by atoms with Crippen LogP contribution in [-0.4, -0.2) is 13.2 Å². The SMILES string of the molecule is Cc1ccccc1CNCc1ccc2c(c1)OCCCO2. The largest absolute Gasteiger partial charge is 0.490 e. The molecule has 2 aromatic rings. The summed E-state index contributed by atoms with van der Waals surface area (Å²) in [5.74, 6) is 1.72. The maximum absolute atomic E-state index is 5.72. The summed E-state index contributed by atoms with van der Waals surface area (Å²) in [6, 6.07) is 14.6. The predicted molar refractivity (Wildman–Crippen MR) is 83.8 cm³/mol. The lowest BCUT2D eigenvalue weighted by Gasteiger charge is -2.11. The van der Waals surface area contributed by atoms with Crippen LogP contribution < -0.4 is 14.8 Å². The van der Waals surface area contributed by atoms with Crippen molar-refractivity contribution in [2.24, 2.45) is 0 Å². The molecule has 0 aliphatic carbocycles. The van der Waals surface area contributed by atoms with Gasteiger partial charge in [0.1, 0.15) is 0 Å². The molecule has 0 atom stereocenters. The van der Waals surface area contributed by atoms with Gasteiger partial charge in [-0.15, -0.1) is 0 Å². The van der Waals surface area contributed by atoms with E-state index in [1.165, 1.54) is 16.7 Å². The number of hydrogen-bond acceptors (Lipinski definition) is 3. The van der Waals surface area contributed by atoms with E-state index >= 15 is 0 Å². The van der Waals surface area contributed by atoms with E-state index < -0.39 is 0 Å². The fourth-order valence-electron chi connectivity index (χ4n) is 2.47. The Morgan fingerprint density at radius 2 is 1.76 bits per heavy atom. The zero-order valence-corrected chi connectivity index (χ0v) is 12.4. The van der Waals surface area contributed by atoms with E-state index in [9.17, 15) is 0 Å². The monoisotopic (exact) mass is 283 g/mol. The molecule has 0 fully saturated rings. The van der Waals surface area contributed by atoms with Gasteiger partial charge in [-0.3, -0.25) is 0 Å². The summed E-state index contributed by atoms with van der Waals surface area (Å²) in [5, 5.41) is 3.48. The highest BCUT2D eigenvalue weighted by atomic mass is 16.5. The number of hydrogen-bond donors (Lipinski definition) is 1. The third kappa shape index (κ3) is 3.56. The Kier molecular flexibility index (Phi) is 4.41. The molecule has 0 amide bonds. The first-order chi connectivity index (χ1) is 10.3. The summed E-state index contributed by atoms with van der Waals surface area (Å²) in [7, 11) is 0. The fourth-order valence-corrected chi connectivity index (χ4v) is 2.47. The second-order valence-corrected chi connectivity index (χ2v) is 5.36. The molecular weight excluding hydrogens is 262 g/mol. The normalized spacial score (nSPS) is 13.8. The average Bonchev–Trinajstić information content (AvgIpc) is 2.74. The van der Waals surface area contributed by atoms with Gasteiger partial charge < -0.3 is 14.8 Å². The van der Waals surface area contributed by atoms with Gasteiger partial charge in [0.15, 0.2) is 11.5 Å². The molecule has 1 aliphatic rings. The lowest BCUT2D eigenvalue weighted by atomic mass is 10.1. The van der Waals surface area contributed by atoms with Crippen LogP contribution in [0, 0.1) is 6.92 Å². The maximum atomic E-state index is 5.72. The third-order valence-electron chi connectivity index (χ3n) is 3.72. The van der Waals surface area contributed by atoms with Crippen LogP contribution in [0.25, 0.3) is 0 Å². The summed E-state index contributed by atoms with van der Waals surface area (Å²) in [6.45, 7) is 5.31. The van der Waals surface area contributed by atoms with Crippen molar-refractivity contribution < 1.29 is 9.47 Å². The predicted octanol–water partition coefficient (Wildman–Crippen LogP) is 3.45. The van der Waals surface area contributed by atoms with E-state index in [4.69, 9.17) is 9.47 Å². The summed E-state index contributed by atoms with van der Waals surface area (Å²) in [4.78, 5) is 0. The lowest BCUT2D eigenvalue weighted by Crippen LogP contribution is -2.13. The van der Waals surface area contributed by atoms with Gasteiger partial charge in [-0.25, -0.2) is 0 Å². The Morgan fingerprint density at radius 1 is 0.952 bits per heavy atom. The molecule has 0 unspecified atom stereocenters. The van der Waals surface area contributed by atoms with Gasteiger partial charge in [-0.05, 0) is 35.7 Å². The minimum absolute atomic E-state index is 0.729. The maximum Gasteiger partial charge on any atom is 0.161 e. The van der Waals surface area contributed by atoms with Crippen molar-refractivity contribution in [1.82, 2.24) is 5.32 Å². The van der Waals surface area contributed by atoms with Crippen molar-refractivity contribution in [3.05, 3.63) is 59.2 Å². The minimum Gasteiger partial charge on any atom is -0.490 e. The zero-order valence-electron chi connectivity index (χ0n) is 12.4. The van der Waals surface area contributed by atoms with Crippen LogP contribution >= 0.6 is 0 Å². The molecule has 0 saturated heterocycles. The molecule has 0 aromatic heterocycles. The second-order valence-electron chi connectivity index (χ2n) is 5.36. The Bertz CT molecular complexity index is 610. The summed E-state index contributed by atoms with van der Waals surface area (Å²) in [5.41, 5.74) is 3.88. The molecule has 0 radical (unpaired) electrons. The highest BCUT2D eigenvalue weighted by molar-refractivity contribution is 5.43. The molecule has 0 spiro atoms. The first-order valence-corrected chi connectivity index (χ1v) is 7.47. The molecule has 3 nitrogen and oxygen atoms in total. The van der Waals surface area contributed by atoms with E-state index in [0.29, 0.717) is 0 Å². The van der Waals surface area contributed by atoms with E-state index in [0.717, 1.165) is 44.2 Å². The van der Waals surface area contributed by atoms with Crippen molar-refractivity contribution in [2.75, 3.05) is 13.2 Å². The molecule has 110 valence electrons. The first-order valence-electron chi connectivity index (χ1n) is 7.47. The fraction of sp³-hybridized carbons (Fsp3) is 0.333. The topological polar surface area (TPSA) is 30.5 Å². The lowest BCUT2D eigenvalue weighted by molar-refractivity contribution is 0.297. The number of aryl methyl sites for hydroxylation is 1. The van der Waals surface area contributed by atoms with Crippen LogP contribution in [0.5, 0.6) is 11.5 Å². The van der Waals surface area contributed by atoms with E-state index in [1.54, 1.807) is 0 Å². The van der Waals surface area contributed by atoms with Gasteiger partial charge in [-0.2, -0.15) is 0 Å². The molecular formula is C18H21NO2. The van der Waals surface area contributed by atoms with E-state index in [1.807, 2.05) is 6.07 Å². The second kappa shape index (κ2) is 6.64. The van der Waals surface area contributed by atoms with Crippen molar-refractivity contribution >= 4 is 0 Å². The van der Waals surface area contributed by atoms with Crippen LogP contribution in [0.4, 0.5) is 0 Å². The number of benzene rings is 2. The quantitative estimate of drug-likeness (QED) is 0.932. The van der Waals surface area contributed by atoms with Gasteiger partial charge in [0, 0.05) is 19.5 Å². The van der Waals surface area contributed by atoms with Gasteiger partial charge in [0.05, 0.1) is 13.2 Å². The van der Waals surface area contributed by atoms with Gasteiger partial charge in [0.25, 0.3) is 0 Å². The van der Waals surface area contributed by atoms with E-state index in [2.05, 4.69) is 48.6 Å². The first kappa shape index (κ1) is 14.0. The van der Waals surface area contributed by atoms with E-state index in [-0.39, 0.29) is 0 Å². The van der Waals surface area contributed by atoms with Crippen LogP contribution in [0.3, 0.4) is 0 Å². The van der Waals surface area contributed by atoms with Crippen molar-refractivity contribution in [1.29, 1.82) is 0 Å². The molecule has 3 heteroatoms. The average molecular weight is 283 g/mol. The smallest absolute Gasteiger partial charge is 0.161 e. The van der Waals surface area contributed by atoms with Gasteiger partial charge >= 0.3 is 0 Å². The number of rotatable bonds is 4. The Balaban J connectivity index is 1.61. The highest BCUT2D eigenvalue weighted by Gasteiger charge is 2.10. The van der Waals surface area contributed by atoms with Crippen LogP contribution in [0.1, 0.15) is 23.1 Å². The third-order valence-corrected chi connectivity index (χ3v) is 3.72. The molecule has 1 N–H and O–H groups in total. The Hall–Kier alpha value is -2.00. The molecule has 1 aliphatic heterocycles. The Labute approximate surface area is 125 Å². The summed E-state index contributed by atoms with van der Waals surface area (Å²) < 4.78 is 11.4. The number of ether oxygens (including phenoxy) is 2. The molecule has 21 heavy (non-hydrogen) atoms. The van der Waals surface area contributed by atoms with Crippen LogP contribution in [0.15, 0.2) is 42.5 Å². The minimum atomic E-state index is 0.729. The van der Waals surface area contributed by atoms with Crippen LogP contribution in [-0.2, 0) is 13.1 Å². The van der Waals surface area contributed by atoms with Crippen molar-refractivity contribution in [2.45, 2.75) is 26.4 Å². The van der Waals surface area contributed by atoms with Crippen LogP contribution in [0.2, 0.25) is 0 Å². The highest BCUT2D eigenvalue weighted by Crippen LogP contribution is 2.30. The van der Waals surface area contributed by atoms with Gasteiger partial charge in [0.2, 0.25) is 0 Å². The van der Waals surface area contributed by atoms with Gasteiger partial charge in [-0.1, -0.05) is 30.3 Å². The molecule has 0 bridgehead atoms. The number of nitrogens with one attached hydrogen (secondary N) is 1. The molecule has 1 heterocycles. The molecule has 0 saturated carbocycles. The summed E-state index contributed by atoms with van der Waals surface area (Å²) in [6.07, 6.45) is 0.940. The van der Waals surface area contributed by atoms with Crippen molar-refractivity contribution in [3.8, 4) is 11.5 Å². The molecule has 3 rings (SSSR count).